The first-order valence-electron chi connectivity index (χ1n) is 9.26. The quantitative estimate of drug-likeness (QED) is 0.488. The van der Waals surface area contributed by atoms with Crippen LogP contribution in [-0.2, 0) is 5.75 Å². The number of halogens is 1. The Morgan fingerprint density at radius 3 is 2.63 bits per heavy atom. The first kappa shape index (κ1) is 21.2. The summed E-state index contributed by atoms with van der Waals surface area (Å²) in [5.74, 6) is 0.827. The number of thioether (sulfide) groups is 1. The van der Waals surface area contributed by atoms with Crippen molar-refractivity contribution in [3.05, 3.63) is 65.7 Å². The second-order valence-corrected chi connectivity index (χ2v) is 7.19. The van der Waals surface area contributed by atoms with E-state index < -0.39 is 6.17 Å². The molecule has 0 aliphatic heterocycles. The lowest BCUT2D eigenvalue weighted by molar-refractivity contribution is 0.192. The number of hydrogen-bond donors (Lipinski definition) is 0. The van der Waals surface area contributed by atoms with Crippen LogP contribution >= 0.6 is 11.8 Å². The first-order chi connectivity index (χ1) is 14.7. The van der Waals surface area contributed by atoms with Crippen LogP contribution in [-0.4, -0.2) is 27.7 Å². The van der Waals surface area contributed by atoms with Gasteiger partial charge in [-0.3, -0.25) is 9.97 Å². The Bertz CT molecular complexity index is 1090. The fourth-order valence-corrected chi connectivity index (χ4v) is 3.53. The molecule has 0 N–H and O–H groups in total. The van der Waals surface area contributed by atoms with Crippen molar-refractivity contribution in [1.82, 2.24) is 15.0 Å². The first-order valence-corrected chi connectivity index (χ1v) is 10.2. The standard InChI is InChI=1S/C22H18FN5OS/c1-2-16(23)13-29-19-7-5-9-27-21(19)20-15(10-24)12-28-22(18(20)11-25)30-14-17-6-3-4-8-26-17/h3-9,12,16H,2,13-14H2,1H3. The summed E-state index contributed by atoms with van der Waals surface area (Å²) in [4.78, 5) is 12.9. The molecule has 0 saturated carbocycles. The van der Waals surface area contributed by atoms with E-state index in [9.17, 15) is 14.9 Å². The number of nitrogens with zero attached hydrogens (tertiary/aromatic N) is 5. The Hall–Kier alpha value is -3.49. The Kier molecular flexibility index (Phi) is 7.31. The number of pyridine rings is 3. The predicted octanol–water partition coefficient (Wildman–Crippen LogP) is 4.70. The van der Waals surface area contributed by atoms with Crippen LogP contribution in [0.3, 0.4) is 0 Å². The van der Waals surface area contributed by atoms with E-state index in [1.807, 2.05) is 18.2 Å². The largest absolute Gasteiger partial charge is 0.488 e. The maximum absolute atomic E-state index is 13.7. The molecule has 3 rings (SSSR count). The molecule has 30 heavy (non-hydrogen) atoms. The van der Waals surface area contributed by atoms with Crippen molar-refractivity contribution in [2.75, 3.05) is 6.61 Å². The fraction of sp³-hybridized carbons (Fsp3) is 0.227. The average molecular weight is 419 g/mol. The van der Waals surface area contributed by atoms with Crippen molar-refractivity contribution in [2.24, 2.45) is 0 Å². The Morgan fingerprint density at radius 1 is 1.10 bits per heavy atom. The van der Waals surface area contributed by atoms with Crippen LogP contribution in [0.25, 0.3) is 11.3 Å². The molecule has 3 aromatic heterocycles. The summed E-state index contributed by atoms with van der Waals surface area (Å²) >= 11 is 1.35. The van der Waals surface area contributed by atoms with E-state index in [1.165, 1.54) is 18.0 Å². The highest BCUT2D eigenvalue weighted by Gasteiger charge is 2.21. The van der Waals surface area contributed by atoms with Gasteiger partial charge in [-0.1, -0.05) is 24.8 Å². The van der Waals surface area contributed by atoms with Gasteiger partial charge in [0.1, 0.15) is 41.4 Å². The molecular formula is C22H18FN5OS. The molecule has 0 saturated heterocycles. The molecule has 6 nitrogen and oxygen atoms in total. The van der Waals surface area contributed by atoms with Crippen LogP contribution in [0.2, 0.25) is 0 Å². The van der Waals surface area contributed by atoms with E-state index >= 15 is 0 Å². The molecule has 0 amide bonds. The molecule has 3 aromatic rings. The highest BCUT2D eigenvalue weighted by molar-refractivity contribution is 7.98. The summed E-state index contributed by atoms with van der Waals surface area (Å²) in [7, 11) is 0. The maximum Gasteiger partial charge on any atom is 0.145 e. The second-order valence-electron chi connectivity index (χ2n) is 6.23. The minimum Gasteiger partial charge on any atom is -0.488 e. The number of ether oxygens (including phenoxy) is 1. The van der Waals surface area contributed by atoms with E-state index in [2.05, 4.69) is 27.1 Å². The normalized spacial score (nSPS) is 11.3. The molecule has 8 heteroatoms. The summed E-state index contributed by atoms with van der Waals surface area (Å²) in [6.45, 7) is 1.60. The van der Waals surface area contributed by atoms with Crippen molar-refractivity contribution in [2.45, 2.75) is 30.3 Å². The van der Waals surface area contributed by atoms with E-state index in [1.54, 1.807) is 31.5 Å². The van der Waals surface area contributed by atoms with E-state index in [4.69, 9.17) is 4.74 Å². The molecule has 3 heterocycles. The molecule has 0 radical (unpaired) electrons. The Morgan fingerprint density at radius 2 is 1.93 bits per heavy atom. The summed E-state index contributed by atoms with van der Waals surface area (Å²) in [6.07, 6.45) is 3.86. The van der Waals surface area contributed by atoms with E-state index in [-0.39, 0.29) is 17.7 Å². The zero-order valence-electron chi connectivity index (χ0n) is 16.2. The summed E-state index contributed by atoms with van der Waals surface area (Å²) in [5.41, 5.74) is 1.92. The highest BCUT2D eigenvalue weighted by atomic mass is 32.2. The van der Waals surface area contributed by atoms with Crippen molar-refractivity contribution >= 4 is 11.8 Å². The minimum atomic E-state index is -1.12. The summed E-state index contributed by atoms with van der Waals surface area (Å²) < 4.78 is 19.3. The van der Waals surface area contributed by atoms with Gasteiger partial charge < -0.3 is 4.74 Å². The van der Waals surface area contributed by atoms with Crippen molar-refractivity contribution < 1.29 is 9.13 Å². The number of alkyl halides is 1. The lowest BCUT2D eigenvalue weighted by Gasteiger charge is -2.15. The smallest absolute Gasteiger partial charge is 0.145 e. The van der Waals surface area contributed by atoms with Gasteiger partial charge in [0.05, 0.1) is 16.8 Å². The third kappa shape index (κ3) is 4.91. The van der Waals surface area contributed by atoms with Gasteiger partial charge in [0, 0.05) is 29.9 Å². The number of hydrogen-bond acceptors (Lipinski definition) is 7. The molecule has 0 bridgehead atoms. The van der Waals surface area contributed by atoms with Gasteiger partial charge in [-0.2, -0.15) is 10.5 Å². The summed E-state index contributed by atoms with van der Waals surface area (Å²) in [5, 5.41) is 19.9. The van der Waals surface area contributed by atoms with Crippen molar-refractivity contribution in [1.29, 1.82) is 10.5 Å². The zero-order valence-corrected chi connectivity index (χ0v) is 17.1. The van der Waals surface area contributed by atoms with Crippen molar-refractivity contribution in [3.8, 4) is 29.1 Å². The maximum atomic E-state index is 13.7. The van der Waals surface area contributed by atoms with Gasteiger partial charge in [0.15, 0.2) is 0 Å². The molecule has 1 atom stereocenters. The van der Waals surface area contributed by atoms with Gasteiger partial charge in [-0.25, -0.2) is 9.37 Å². The highest BCUT2D eigenvalue weighted by Crippen LogP contribution is 2.37. The third-order valence-corrected chi connectivity index (χ3v) is 5.25. The molecule has 0 fully saturated rings. The van der Waals surface area contributed by atoms with Crippen molar-refractivity contribution in [3.63, 3.8) is 0 Å². The van der Waals surface area contributed by atoms with Crippen LogP contribution in [0.15, 0.2) is 53.9 Å². The average Bonchev–Trinajstić information content (AvgIpc) is 2.81. The summed E-state index contributed by atoms with van der Waals surface area (Å²) in [6, 6.07) is 13.1. The van der Waals surface area contributed by atoms with E-state index in [0.29, 0.717) is 34.2 Å². The molecule has 0 aliphatic carbocycles. The number of nitriles is 2. The van der Waals surface area contributed by atoms with E-state index in [0.717, 1.165) is 5.69 Å². The molecule has 0 aromatic carbocycles. The molecule has 1 unspecified atom stereocenters. The van der Waals surface area contributed by atoms with Crippen LogP contribution in [0.4, 0.5) is 4.39 Å². The fourth-order valence-electron chi connectivity index (χ4n) is 2.66. The van der Waals surface area contributed by atoms with Gasteiger partial charge in [0.25, 0.3) is 0 Å². The van der Waals surface area contributed by atoms with Gasteiger partial charge in [-0.05, 0) is 30.7 Å². The molecule has 0 aliphatic rings. The van der Waals surface area contributed by atoms with Crippen LogP contribution in [0, 0.1) is 22.7 Å². The molecular weight excluding hydrogens is 401 g/mol. The van der Waals surface area contributed by atoms with Crippen LogP contribution < -0.4 is 4.74 Å². The Labute approximate surface area is 178 Å². The number of rotatable bonds is 8. The Balaban J connectivity index is 2.02. The topological polar surface area (TPSA) is 95.5 Å². The van der Waals surface area contributed by atoms with Crippen LogP contribution in [0.1, 0.15) is 30.2 Å². The minimum absolute atomic E-state index is 0.134. The van der Waals surface area contributed by atoms with Gasteiger partial charge in [0.2, 0.25) is 0 Å². The molecule has 150 valence electrons. The lowest BCUT2D eigenvalue weighted by atomic mass is 10.0. The SMILES string of the molecule is CCC(F)COc1cccnc1-c1c(C#N)cnc(SCc2ccccn2)c1C#N. The third-order valence-electron chi connectivity index (χ3n) is 4.23. The van der Waals surface area contributed by atoms with Gasteiger partial charge in [-0.15, -0.1) is 0 Å². The lowest BCUT2D eigenvalue weighted by Crippen LogP contribution is -2.12. The van der Waals surface area contributed by atoms with Gasteiger partial charge >= 0.3 is 0 Å². The molecule has 0 spiro atoms. The number of aromatic nitrogens is 3. The monoisotopic (exact) mass is 419 g/mol. The zero-order chi connectivity index (χ0) is 21.3. The second kappa shape index (κ2) is 10.3. The predicted molar refractivity (Wildman–Crippen MR) is 111 cm³/mol. The van der Waals surface area contributed by atoms with Crippen LogP contribution in [0.5, 0.6) is 5.75 Å².